The maximum absolute atomic E-state index is 11.6. The number of amides is 3. The van der Waals surface area contributed by atoms with Gasteiger partial charge in [0, 0.05) is 13.0 Å². The largest absolute Gasteiger partial charge is 0.490 e. The van der Waals surface area contributed by atoms with Gasteiger partial charge in [-0.05, 0) is 31.0 Å². The molecule has 0 spiro atoms. The van der Waals surface area contributed by atoms with Crippen LogP contribution in [0.4, 0.5) is 4.79 Å². The van der Waals surface area contributed by atoms with Gasteiger partial charge in [-0.2, -0.15) is 0 Å². The first-order chi connectivity index (χ1) is 11.1. The second kappa shape index (κ2) is 8.17. The molecular weight excluding hydrogens is 300 g/mol. The highest BCUT2D eigenvalue weighted by molar-refractivity contribution is 6.01. The van der Waals surface area contributed by atoms with Crippen LogP contribution in [0.5, 0.6) is 5.75 Å². The lowest BCUT2D eigenvalue weighted by molar-refractivity contribution is -0.144. The van der Waals surface area contributed by atoms with E-state index in [1.54, 1.807) is 0 Å². The van der Waals surface area contributed by atoms with Gasteiger partial charge >= 0.3 is 12.0 Å². The van der Waals surface area contributed by atoms with Gasteiger partial charge in [-0.3, -0.25) is 14.5 Å². The molecule has 124 valence electrons. The SMILES string of the molecule is Cc1cccc(OCCOC(=O)CCCN2C(=O)CNC2=O)c1. The van der Waals surface area contributed by atoms with Crippen LogP contribution < -0.4 is 10.1 Å². The van der Waals surface area contributed by atoms with Gasteiger partial charge in [-0.25, -0.2) is 4.79 Å². The lowest BCUT2D eigenvalue weighted by atomic mass is 10.2. The van der Waals surface area contributed by atoms with Crippen LogP contribution in [0.3, 0.4) is 0 Å². The Morgan fingerprint density at radius 2 is 2.13 bits per heavy atom. The molecule has 1 N–H and O–H groups in total. The van der Waals surface area contributed by atoms with E-state index >= 15 is 0 Å². The monoisotopic (exact) mass is 320 g/mol. The number of urea groups is 1. The van der Waals surface area contributed by atoms with Gasteiger partial charge in [0.2, 0.25) is 5.91 Å². The van der Waals surface area contributed by atoms with E-state index < -0.39 is 6.03 Å². The quantitative estimate of drug-likeness (QED) is 0.443. The van der Waals surface area contributed by atoms with Crippen LogP contribution in [0.1, 0.15) is 18.4 Å². The Hall–Kier alpha value is -2.57. The van der Waals surface area contributed by atoms with Crippen LogP contribution >= 0.6 is 0 Å². The predicted molar refractivity (Wildman–Crippen MR) is 82.0 cm³/mol. The molecule has 1 heterocycles. The summed E-state index contributed by atoms with van der Waals surface area (Å²) in [5.74, 6) is 0.0967. The van der Waals surface area contributed by atoms with Gasteiger partial charge < -0.3 is 14.8 Å². The zero-order valence-corrected chi connectivity index (χ0v) is 13.0. The maximum atomic E-state index is 11.6. The van der Waals surface area contributed by atoms with Crippen molar-refractivity contribution in [3.63, 3.8) is 0 Å². The molecule has 3 amide bonds. The van der Waals surface area contributed by atoms with Crippen molar-refractivity contribution in [3.8, 4) is 5.75 Å². The first-order valence-corrected chi connectivity index (χ1v) is 7.49. The first kappa shape index (κ1) is 16.8. The highest BCUT2D eigenvalue weighted by Gasteiger charge is 2.27. The average Bonchev–Trinajstić information content (AvgIpc) is 2.83. The first-order valence-electron chi connectivity index (χ1n) is 7.49. The fraction of sp³-hybridized carbons (Fsp3) is 0.438. The number of nitrogens with zero attached hydrogens (tertiary/aromatic N) is 1. The van der Waals surface area contributed by atoms with E-state index in [9.17, 15) is 14.4 Å². The molecule has 0 radical (unpaired) electrons. The van der Waals surface area contributed by atoms with Gasteiger partial charge in [0.1, 0.15) is 19.0 Å². The number of hydrogen-bond acceptors (Lipinski definition) is 5. The van der Waals surface area contributed by atoms with Crippen molar-refractivity contribution in [2.45, 2.75) is 19.8 Å². The minimum Gasteiger partial charge on any atom is -0.490 e. The fourth-order valence-corrected chi connectivity index (χ4v) is 2.16. The molecule has 0 saturated carbocycles. The van der Waals surface area contributed by atoms with Gasteiger partial charge in [0.15, 0.2) is 0 Å². The summed E-state index contributed by atoms with van der Waals surface area (Å²) in [7, 11) is 0. The molecule has 0 aliphatic carbocycles. The molecule has 7 nitrogen and oxygen atoms in total. The van der Waals surface area contributed by atoms with Crippen molar-refractivity contribution in [2.75, 3.05) is 26.3 Å². The second-order valence-electron chi connectivity index (χ2n) is 5.19. The number of esters is 1. The van der Waals surface area contributed by atoms with Crippen LogP contribution in [-0.4, -0.2) is 49.1 Å². The van der Waals surface area contributed by atoms with Crippen molar-refractivity contribution >= 4 is 17.9 Å². The van der Waals surface area contributed by atoms with Crippen molar-refractivity contribution in [2.24, 2.45) is 0 Å². The number of nitrogens with one attached hydrogen (secondary N) is 1. The summed E-state index contributed by atoms with van der Waals surface area (Å²) in [5.41, 5.74) is 1.10. The summed E-state index contributed by atoms with van der Waals surface area (Å²) in [6, 6.07) is 7.20. The molecule has 0 unspecified atom stereocenters. The smallest absolute Gasteiger partial charge is 0.324 e. The number of hydrogen-bond donors (Lipinski definition) is 1. The zero-order valence-electron chi connectivity index (χ0n) is 13.0. The Bertz CT molecular complexity index is 572. The molecule has 0 bridgehead atoms. The molecule has 23 heavy (non-hydrogen) atoms. The lowest BCUT2D eigenvalue weighted by Crippen LogP contribution is -2.32. The molecule has 2 rings (SSSR count). The maximum Gasteiger partial charge on any atom is 0.324 e. The molecule has 1 aliphatic rings. The van der Waals surface area contributed by atoms with Crippen molar-refractivity contribution in [3.05, 3.63) is 29.8 Å². The molecule has 0 atom stereocenters. The fourth-order valence-electron chi connectivity index (χ4n) is 2.16. The average molecular weight is 320 g/mol. The standard InChI is InChI=1S/C16H20N2O5/c1-12-4-2-5-13(10-12)22-8-9-23-15(20)6-3-7-18-14(19)11-17-16(18)21/h2,4-5,10H,3,6-9,11H2,1H3,(H,17,21). The molecular formula is C16H20N2O5. The van der Waals surface area contributed by atoms with Crippen molar-refractivity contribution < 1.29 is 23.9 Å². The summed E-state index contributed by atoms with van der Waals surface area (Å²) in [6.07, 6.45) is 0.540. The number of imide groups is 1. The molecule has 0 aromatic heterocycles. The highest BCUT2D eigenvalue weighted by atomic mass is 16.6. The molecule has 1 aromatic carbocycles. The van der Waals surface area contributed by atoms with Gasteiger partial charge in [-0.15, -0.1) is 0 Å². The van der Waals surface area contributed by atoms with Crippen LogP contribution in [0.15, 0.2) is 24.3 Å². The van der Waals surface area contributed by atoms with E-state index in [0.29, 0.717) is 6.42 Å². The lowest BCUT2D eigenvalue weighted by Gasteiger charge is -2.11. The number of carbonyl (C=O) groups is 3. The number of carbonyl (C=O) groups excluding carboxylic acids is 3. The van der Waals surface area contributed by atoms with Gasteiger partial charge in [0.25, 0.3) is 0 Å². The van der Waals surface area contributed by atoms with Crippen LogP contribution in [-0.2, 0) is 14.3 Å². The Labute approximate surface area is 134 Å². The normalized spacial score (nSPS) is 13.9. The van der Waals surface area contributed by atoms with Crippen LogP contribution in [0, 0.1) is 6.92 Å². The van der Waals surface area contributed by atoms with Gasteiger partial charge in [-0.1, -0.05) is 12.1 Å². The Morgan fingerprint density at radius 1 is 1.30 bits per heavy atom. The van der Waals surface area contributed by atoms with E-state index in [1.165, 1.54) is 0 Å². The van der Waals surface area contributed by atoms with Crippen LogP contribution in [0.25, 0.3) is 0 Å². The third kappa shape index (κ3) is 5.28. The number of rotatable bonds is 8. The number of ether oxygens (including phenoxy) is 2. The molecule has 7 heteroatoms. The summed E-state index contributed by atoms with van der Waals surface area (Å²) in [4.78, 5) is 35.3. The predicted octanol–water partition coefficient (Wildman–Crippen LogP) is 1.25. The number of benzene rings is 1. The summed E-state index contributed by atoms with van der Waals surface area (Å²) in [5, 5.41) is 2.42. The van der Waals surface area contributed by atoms with Crippen LogP contribution in [0.2, 0.25) is 0 Å². The summed E-state index contributed by atoms with van der Waals surface area (Å²) in [6.45, 7) is 2.66. The summed E-state index contributed by atoms with van der Waals surface area (Å²) >= 11 is 0. The van der Waals surface area contributed by atoms with E-state index in [2.05, 4.69) is 5.32 Å². The molecule has 1 aliphatic heterocycles. The van der Waals surface area contributed by atoms with Crippen molar-refractivity contribution in [1.29, 1.82) is 0 Å². The molecule has 1 fully saturated rings. The number of aryl methyl sites for hydroxylation is 1. The minimum absolute atomic E-state index is 0.0274. The second-order valence-corrected chi connectivity index (χ2v) is 5.19. The zero-order chi connectivity index (χ0) is 16.7. The molecule has 1 saturated heterocycles. The Morgan fingerprint density at radius 3 is 2.83 bits per heavy atom. The van der Waals surface area contributed by atoms with Crippen molar-refractivity contribution in [1.82, 2.24) is 10.2 Å². The van der Waals surface area contributed by atoms with Gasteiger partial charge in [0.05, 0.1) is 6.54 Å². The van der Waals surface area contributed by atoms with E-state index in [0.717, 1.165) is 16.2 Å². The minimum atomic E-state index is -0.407. The Kier molecular flexibility index (Phi) is 5.96. The summed E-state index contributed by atoms with van der Waals surface area (Å²) < 4.78 is 10.5. The molecule has 1 aromatic rings. The third-order valence-electron chi connectivity index (χ3n) is 3.30. The van der Waals surface area contributed by atoms with E-state index in [4.69, 9.17) is 9.47 Å². The third-order valence-corrected chi connectivity index (χ3v) is 3.30. The van der Waals surface area contributed by atoms with E-state index in [-0.39, 0.29) is 44.6 Å². The Balaban J connectivity index is 1.57. The van der Waals surface area contributed by atoms with E-state index in [1.807, 2.05) is 31.2 Å². The topological polar surface area (TPSA) is 84.9 Å². The highest BCUT2D eigenvalue weighted by Crippen LogP contribution is 2.12.